The van der Waals surface area contributed by atoms with Crippen LogP contribution in [0.25, 0.3) is 0 Å². The predicted octanol–water partition coefficient (Wildman–Crippen LogP) is 3.75. The fourth-order valence-electron chi connectivity index (χ4n) is 2.54. The van der Waals surface area contributed by atoms with Gasteiger partial charge >= 0.3 is 0 Å². The Morgan fingerprint density at radius 1 is 1.43 bits per heavy atom. The minimum Gasteiger partial charge on any atom is -0.385 e. The van der Waals surface area contributed by atoms with E-state index in [-0.39, 0.29) is 10.6 Å². The SMILES string of the molecule is CCCNc1cc(N2CCSC(C)C2C)cc([N+](=O)[O-])c1. The number of hydrogen-bond acceptors (Lipinski definition) is 5. The normalized spacial score (nSPS) is 22.1. The molecule has 1 N–H and O–H groups in total. The average molecular weight is 309 g/mol. The van der Waals surface area contributed by atoms with Gasteiger partial charge in [0.1, 0.15) is 0 Å². The lowest BCUT2D eigenvalue weighted by Gasteiger charge is -2.39. The number of nitrogens with zero attached hydrogens (tertiary/aromatic N) is 2. The standard InChI is InChI=1S/C15H23N3O2S/c1-4-5-16-13-8-14(10-15(9-13)18(19)20)17-6-7-21-12(3)11(17)2/h8-12,16H,4-7H2,1-3H3. The van der Waals surface area contributed by atoms with Gasteiger partial charge in [-0.25, -0.2) is 0 Å². The summed E-state index contributed by atoms with van der Waals surface area (Å²) in [6.07, 6.45) is 0.992. The van der Waals surface area contributed by atoms with Crippen LogP contribution in [0.1, 0.15) is 27.2 Å². The highest BCUT2D eigenvalue weighted by Crippen LogP contribution is 2.33. The fourth-order valence-corrected chi connectivity index (χ4v) is 3.63. The van der Waals surface area contributed by atoms with Gasteiger partial charge in [0.15, 0.2) is 0 Å². The van der Waals surface area contributed by atoms with E-state index in [4.69, 9.17) is 0 Å². The molecule has 21 heavy (non-hydrogen) atoms. The van der Waals surface area contributed by atoms with Crippen molar-refractivity contribution in [2.45, 2.75) is 38.5 Å². The van der Waals surface area contributed by atoms with Crippen molar-refractivity contribution in [1.82, 2.24) is 0 Å². The smallest absolute Gasteiger partial charge is 0.273 e. The van der Waals surface area contributed by atoms with Gasteiger partial charge in [0, 0.05) is 53.6 Å². The summed E-state index contributed by atoms with van der Waals surface area (Å²) < 4.78 is 0. The van der Waals surface area contributed by atoms with Crippen molar-refractivity contribution in [2.24, 2.45) is 0 Å². The van der Waals surface area contributed by atoms with Crippen molar-refractivity contribution >= 4 is 28.8 Å². The molecule has 0 bridgehead atoms. The zero-order valence-electron chi connectivity index (χ0n) is 12.8. The lowest BCUT2D eigenvalue weighted by Crippen LogP contribution is -2.44. The van der Waals surface area contributed by atoms with Crippen molar-refractivity contribution < 1.29 is 4.92 Å². The van der Waals surface area contributed by atoms with E-state index in [0.717, 1.165) is 36.6 Å². The molecule has 0 amide bonds. The number of benzene rings is 1. The number of nitro benzene ring substituents is 1. The van der Waals surface area contributed by atoms with E-state index in [2.05, 4.69) is 31.0 Å². The summed E-state index contributed by atoms with van der Waals surface area (Å²) in [4.78, 5) is 13.1. The molecule has 0 aliphatic carbocycles. The number of nitrogens with one attached hydrogen (secondary N) is 1. The van der Waals surface area contributed by atoms with Crippen LogP contribution in [0.4, 0.5) is 17.1 Å². The van der Waals surface area contributed by atoms with E-state index in [1.54, 1.807) is 12.1 Å². The summed E-state index contributed by atoms with van der Waals surface area (Å²) in [6.45, 7) is 8.24. The highest BCUT2D eigenvalue weighted by Gasteiger charge is 2.26. The zero-order chi connectivity index (χ0) is 15.4. The largest absolute Gasteiger partial charge is 0.385 e. The van der Waals surface area contributed by atoms with Crippen LogP contribution in [0, 0.1) is 10.1 Å². The summed E-state index contributed by atoms with van der Waals surface area (Å²) in [7, 11) is 0. The third kappa shape index (κ3) is 3.81. The van der Waals surface area contributed by atoms with E-state index in [9.17, 15) is 10.1 Å². The monoisotopic (exact) mass is 309 g/mol. The van der Waals surface area contributed by atoms with Crippen LogP contribution in [0.5, 0.6) is 0 Å². The molecule has 116 valence electrons. The molecular formula is C15H23N3O2S. The van der Waals surface area contributed by atoms with Crippen LogP contribution in [-0.2, 0) is 0 Å². The van der Waals surface area contributed by atoms with Gasteiger partial charge in [-0.1, -0.05) is 13.8 Å². The molecule has 1 saturated heterocycles. The van der Waals surface area contributed by atoms with Crippen LogP contribution in [0.2, 0.25) is 0 Å². The number of anilines is 2. The lowest BCUT2D eigenvalue weighted by atomic mass is 10.1. The third-order valence-electron chi connectivity index (χ3n) is 3.91. The molecule has 0 radical (unpaired) electrons. The van der Waals surface area contributed by atoms with Crippen molar-refractivity contribution in [3.05, 3.63) is 28.3 Å². The first-order chi connectivity index (χ1) is 10.0. The molecule has 1 aromatic rings. The second kappa shape index (κ2) is 7.02. The van der Waals surface area contributed by atoms with Crippen LogP contribution in [0.15, 0.2) is 18.2 Å². The maximum absolute atomic E-state index is 11.2. The molecule has 0 aromatic heterocycles. The molecule has 2 unspecified atom stereocenters. The highest BCUT2D eigenvalue weighted by atomic mass is 32.2. The summed E-state index contributed by atoms with van der Waals surface area (Å²) in [6, 6.07) is 5.72. The van der Waals surface area contributed by atoms with Crippen LogP contribution in [0.3, 0.4) is 0 Å². The second-order valence-electron chi connectivity index (χ2n) is 5.43. The first-order valence-electron chi connectivity index (χ1n) is 7.44. The van der Waals surface area contributed by atoms with Crippen molar-refractivity contribution in [3.8, 4) is 0 Å². The van der Waals surface area contributed by atoms with E-state index in [1.165, 1.54) is 0 Å². The topological polar surface area (TPSA) is 58.4 Å². The first kappa shape index (κ1) is 15.9. The predicted molar refractivity (Wildman–Crippen MR) is 90.6 cm³/mol. The number of rotatable bonds is 5. The molecule has 6 heteroatoms. The molecule has 1 aliphatic heterocycles. The van der Waals surface area contributed by atoms with Gasteiger partial charge in [0.05, 0.1) is 4.92 Å². The third-order valence-corrected chi connectivity index (χ3v) is 5.25. The molecule has 1 aromatic carbocycles. The molecule has 2 atom stereocenters. The van der Waals surface area contributed by atoms with E-state index in [0.29, 0.717) is 11.3 Å². The van der Waals surface area contributed by atoms with Crippen molar-refractivity contribution in [1.29, 1.82) is 0 Å². The van der Waals surface area contributed by atoms with E-state index < -0.39 is 0 Å². The van der Waals surface area contributed by atoms with E-state index in [1.807, 2.05) is 17.8 Å². The van der Waals surface area contributed by atoms with Gasteiger partial charge in [-0.05, 0) is 19.4 Å². The number of thioether (sulfide) groups is 1. The summed E-state index contributed by atoms with van der Waals surface area (Å²) in [5.74, 6) is 1.06. The fraction of sp³-hybridized carbons (Fsp3) is 0.600. The maximum Gasteiger partial charge on any atom is 0.273 e. The molecular weight excluding hydrogens is 286 g/mol. The van der Waals surface area contributed by atoms with Gasteiger partial charge in [-0.2, -0.15) is 11.8 Å². The molecule has 1 fully saturated rings. The number of non-ortho nitro benzene ring substituents is 1. The van der Waals surface area contributed by atoms with Crippen LogP contribution in [-0.4, -0.2) is 35.1 Å². The Morgan fingerprint density at radius 2 is 2.19 bits per heavy atom. The molecule has 2 rings (SSSR count). The first-order valence-corrected chi connectivity index (χ1v) is 8.49. The summed E-state index contributed by atoms with van der Waals surface area (Å²) in [5, 5.41) is 15.0. The zero-order valence-corrected chi connectivity index (χ0v) is 13.7. The summed E-state index contributed by atoms with van der Waals surface area (Å²) >= 11 is 1.96. The average Bonchev–Trinajstić information content (AvgIpc) is 2.47. The quantitative estimate of drug-likeness (QED) is 0.663. The van der Waals surface area contributed by atoms with Gasteiger partial charge in [-0.3, -0.25) is 10.1 Å². The van der Waals surface area contributed by atoms with Crippen LogP contribution < -0.4 is 10.2 Å². The Kier molecular flexibility index (Phi) is 5.33. The molecule has 5 nitrogen and oxygen atoms in total. The number of hydrogen-bond donors (Lipinski definition) is 1. The lowest BCUT2D eigenvalue weighted by molar-refractivity contribution is -0.384. The Bertz CT molecular complexity index is 510. The molecule has 0 saturated carbocycles. The van der Waals surface area contributed by atoms with Gasteiger partial charge < -0.3 is 10.2 Å². The Morgan fingerprint density at radius 3 is 2.86 bits per heavy atom. The van der Waals surface area contributed by atoms with Crippen LogP contribution >= 0.6 is 11.8 Å². The van der Waals surface area contributed by atoms with Gasteiger partial charge in [-0.15, -0.1) is 0 Å². The number of nitro groups is 1. The van der Waals surface area contributed by atoms with Crippen molar-refractivity contribution in [3.63, 3.8) is 0 Å². The molecule has 0 spiro atoms. The van der Waals surface area contributed by atoms with E-state index >= 15 is 0 Å². The summed E-state index contributed by atoms with van der Waals surface area (Å²) in [5.41, 5.74) is 1.94. The Labute approximate surface area is 130 Å². The van der Waals surface area contributed by atoms with Crippen molar-refractivity contribution in [2.75, 3.05) is 29.1 Å². The molecule has 1 heterocycles. The minimum atomic E-state index is -0.312. The Balaban J connectivity index is 2.32. The highest BCUT2D eigenvalue weighted by molar-refractivity contribution is 8.00. The van der Waals surface area contributed by atoms with Gasteiger partial charge in [0.2, 0.25) is 0 Å². The van der Waals surface area contributed by atoms with Gasteiger partial charge in [0.25, 0.3) is 5.69 Å². The Hall–Kier alpha value is -1.43. The minimum absolute atomic E-state index is 0.157. The molecule has 1 aliphatic rings. The second-order valence-corrected chi connectivity index (χ2v) is 6.92. The maximum atomic E-state index is 11.2.